The molecule has 0 bridgehead atoms. The molecule has 0 fully saturated rings. The van der Waals surface area contributed by atoms with E-state index in [1.165, 1.54) is 19.1 Å². The summed E-state index contributed by atoms with van der Waals surface area (Å²) in [5, 5.41) is 0.446. The third kappa shape index (κ3) is 2.99. The lowest BCUT2D eigenvalue weighted by molar-refractivity contribution is 0.0566. The lowest BCUT2D eigenvalue weighted by atomic mass is 10.5. The van der Waals surface area contributed by atoms with Crippen LogP contribution >= 0.6 is 11.9 Å². The number of carbonyl (C=O) groups is 1. The average molecular weight is 215 g/mol. The highest BCUT2D eigenvalue weighted by Gasteiger charge is 2.10. The van der Waals surface area contributed by atoms with Crippen molar-refractivity contribution in [1.82, 2.24) is 0 Å². The van der Waals surface area contributed by atoms with Crippen molar-refractivity contribution in [1.29, 1.82) is 0 Å². The standard InChI is InChI=1S/C9H13NO3S/c1-6(2)14-10-8-5-4-7(13-8)9(11)12-3/h4-6,10H,1-3H3. The van der Waals surface area contributed by atoms with Gasteiger partial charge in [0.25, 0.3) is 0 Å². The molecule has 0 unspecified atom stereocenters. The SMILES string of the molecule is COC(=O)c1ccc(NSC(C)C)o1. The van der Waals surface area contributed by atoms with E-state index in [2.05, 4.69) is 23.3 Å². The van der Waals surface area contributed by atoms with Crippen molar-refractivity contribution < 1.29 is 13.9 Å². The summed E-state index contributed by atoms with van der Waals surface area (Å²) in [7, 11) is 1.32. The Labute approximate surface area is 87.1 Å². The summed E-state index contributed by atoms with van der Waals surface area (Å²) in [4.78, 5) is 11.0. The zero-order chi connectivity index (χ0) is 10.6. The minimum Gasteiger partial charge on any atom is -0.463 e. The van der Waals surface area contributed by atoms with E-state index in [1.807, 2.05) is 0 Å². The molecular formula is C9H13NO3S. The third-order valence-corrected chi connectivity index (χ3v) is 2.18. The summed E-state index contributed by atoms with van der Waals surface area (Å²) in [6, 6.07) is 3.27. The molecule has 4 nitrogen and oxygen atoms in total. The number of methoxy groups -OCH3 is 1. The number of nitrogens with one attached hydrogen (secondary N) is 1. The van der Waals surface area contributed by atoms with Gasteiger partial charge in [0.2, 0.25) is 11.6 Å². The largest absolute Gasteiger partial charge is 0.463 e. The molecule has 1 aromatic heterocycles. The Bertz CT molecular complexity index is 309. The van der Waals surface area contributed by atoms with Crippen molar-refractivity contribution in [3.63, 3.8) is 0 Å². The Hall–Kier alpha value is -1.10. The molecule has 0 saturated carbocycles. The second-order valence-corrected chi connectivity index (χ2v) is 4.31. The van der Waals surface area contributed by atoms with Crippen LogP contribution < -0.4 is 4.72 Å². The van der Waals surface area contributed by atoms with Crippen LogP contribution in [0.3, 0.4) is 0 Å². The summed E-state index contributed by atoms with van der Waals surface area (Å²) >= 11 is 1.52. The predicted octanol–water partition coefficient (Wildman–Crippen LogP) is 2.53. The van der Waals surface area contributed by atoms with Gasteiger partial charge in [0, 0.05) is 11.3 Å². The van der Waals surface area contributed by atoms with Crippen LogP contribution in [0.5, 0.6) is 0 Å². The van der Waals surface area contributed by atoms with Crippen LogP contribution in [0.25, 0.3) is 0 Å². The Morgan fingerprint density at radius 2 is 2.29 bits per heavy atom. The highest BCUT2D eigenvalue weighted by atomic mass is 32.2. The van der Waals surface area contributed by atoms with Gasteiger partial charge in [0.1, 0.15) is 0 Å². The Balaban J connectivity index is 2.55. The lowest BCUT2D eigenvalue weighted by Crippen LogP contribution is -1.98. The molecule has 1 aromatic rings. The van der Waals surface area contributed by atoms with Crippen LogP contribution in [0, 0.1) is 0 Å². The summed E-state index contributed by atoms with van der Waals surface area (Å²) in [6.45, 7) is 4.11. The normalized spacial score (nSPS) is 10.3. The zero-order valence-corrected chi connectivity index (χ0v) is 9.18. The number of carbonyl (C=O) groups excluding carboxylic acids is 1. The first-order valence-electron chi connectivity index (χ1n) is 4.23. The zero-order valence-electron chi connectivity index (χ0n) is 8.37. The third-order valence-electron chi connectivity index (χ3n) is 1.39. The molecule has 0 amide bonds. The molecular weight excluding hydrogens is 202 g/mol. The smallest absolute Gasteiger partial charge is 0.374 e. The van der Waals surface area contributed by atoms with Gasteiger partial charge in [-0.1, -0.05) is 13.8 Å². The van der Waals surface area contributed by atoms with Gasteiger partial charge in [-0.3, -0.25) is 4.72 Å². The molecule has 0 saturated heterocycles. The number of rotatable bonds is 4. The maximum Gasteiger partial charge on any atom is 0.374 e. The van der Waals surface area contributed by atoms with Crippen molar-refractivity contribution in [3.05, 3.63) is 17.9 Å². The summed E-state index contributed by atoms with van der Waals surface area (Å²) < 4.78 is 12.7. The van der Waals surface area contributed by atoms with Crippen molar-refractivity contribution in [2.24, 2.45) is 0 Å². The van der Waals surface area contributed by atoms with Crippen LogP contribution in [0.2, 0.25) is 0 Å². The molecule has 78 valence electrons. The molecule has 0 aliphatic heterocycles. The first-order valence-corrected chi connectivity index (χ1v) is 5.11. The number of ether oxygens (including phenoxy) is 1. The van der Waals surface area contributed by atoms with E-state index in [4.69, 9.17) is 4.42 Å². The molecule has 1 heterocycles. The van der Waals surface area contributed by atoms with Gasteiger partial charge in [-0.05, 0) is 18.0 Å². The molecule has 0 aromatic carbocycles. The van der Waals surface area contributed by atoms with Crippen molar-refractivity contribution in [2.75, 3.05) is 11.8 Å². The number of anilines is 1. The maximum absolute atomic E-state index is 11.0. The number of furan rings is 1. The second-order valence-electron chi connectivity index (χ2n) is 2.92. The highest BCUT2D eigenvalue weighted by Crippen LogP contribution is 2.19. The Morgan fingerprint density at radius 3 is 2.86 bits per heavy atom. The number of hydrogen-bond acceptors (Lipinski definition) is 5. The molecule has 0 atom stereocenters. The number of hydrogen-bond donors (Lipinski definition) is 1. The van der Waals surface area contributed by atoms with Crippen molar-refractivity contribution in [2.45, 2.75) is 19.1 Å². The fourth-order valence-corrected chi connectivity index (χ4v) is 1.24. The first-order chi connectivity index (χ1) is 6.63. The van der Waals surface area contributed by atoms with E-state index in [1.54, 1.807) is 12.1 Å². The summed E-state index contributed by atoms with van der Waals surface area (Å²) in [6.07, 6.45) is 0. The van der Waals surface area contributed by atoms with E-state index in [0.717, 1.165) is 0 Å². The fraction of sp³-hybridized carbons (Fsp3) is 0.444. The van der Waals surface area contributed by atoms with Gasteiger partial charge in [-0.15, -0.1) is 0 Å². The van der Waals surface area contributed by atoms with Crippen LogP contribution in [0.15, 0.2) is 16.5 Å². The highest BCUT2D eigenvalue weighted by molar-refractivity contribution is 8.01. The molecule has 0 radical (unpaired) electrons. The Kier molecular flexibility index (Phi) is 3.88. The molecule has 0 aliphatic carbocycles. The van der Waals surface area contributed by atoms with Gasteiger partial charge in [-0.25, -0.2) is 4.79 Å². The quantitative estimate of drug-likeness (QED) is 0.618. The monoisotopic (exact) mass is 215 g/mol. The van der Waals surface area contributed by atoms with E-state index in [0.29, 0.717) is 11.1 Å². The molecule has 5 heteroatoms. The molecule has 1 rings (SSSR count). The summed E-state index contributed by atoms with van der Waals surface area (Å²) in [5.74, 6) is 0.302. The minimum atomic E-state index is -0.465. The van der Waals surface area contributed by atoms with Crippen LogP contribution in [0.4, 0.5) is 5.88 Å². The fourth-order valence-electron chi connectivity index (χ4n) is 0.779. The maximum atomic E-state index is 11.0. The van der Waals surface area contributed by atoms with E-state index < -0.39 is 5.97 Å². The van der Waals surface area contributed by atoms with Crippen molar-refractivity contribution >= 4 is 23.8 Å². The van der Waals surface area contributed by atoms with E-state index in [9.17, 15) is 4.79 Å². The average Bonchev–Trinajstić information content (AvgIpc) is 2.62. The summed E-state index contributed by atoms with van der Waals surface area (Å²) in [5.41, 5.74) is 0. The van der Waals surface area contributed by atoms with Crippen LogP contribution in [-0.2, 0) is 4.74 Å². The molecule has 14 heavy (non-hydrogen) atoms. The first kappa shape index (κ1) is 11.0. The Morgan fingerprint density at radius 1 is 1.57 bits per heavy atom. The predicted molar refractivity (Wildman–Crippen MR) is 56.4 cm³/mol. The molecule has 0 spiro atoms. The molecule has 1 N–H and O–H groups in total. The van der Waals surface area contributed by atoms with Gasteiger partial charge in [0.05, 0.1) is 7.11 Å². The van der Waals surface area contributed by atoms with Crippen molar-refractivity contribution in [3.8, 4) is 0 Å². The second kappa shape index (κ2) is 4.95. The van der Waals surface area contributed by atoms with E-state index >= 15 is 0 Å². The topological polar surface area (TPSA) is 51.5 Å². The van der Waals surface area contributed by atoms with Gasteiger partial charge >= 0.3 is 5.97 Å². The van der Waals surface area contributed by atoms with Crippen LogP contribution in [0.1, 0.15) is 24.4 Å². The van der Waals surface area contributed by atoms with Gasteiger partial charge in [-0.2, -0.15) is 0 Å². The van der Waals surface area contributed by atoms with Gasteiger partial charge in [0.15, 0.2) is 0 Å². The van der Waals surface area contributed by atoms with E-state index in [-0.39, 0.29) is 5.76 Å². The minimum absolute atomic E-state index is 0.208. The molecule has 0 aliphatic rings. The van der Waals surface area contributed by atoms with Gasteiger partial charge < -0.3 is 9.15 Å². The number of esters is 1. The lowest BCUT2D eigenvalue weighted by Gasteiger charge is -2.03. The van der Waals surface area contributed by atoms with Crippen LogP contribution in [-0.4, -0.2) is 18.3 Å².